The number of phenols is 1. The van der Waals surface area contributed by atoms with Gasteiger partial charge in [0.25, 0.3) is 0 Å². The number of halogens is 3. The average molecular weight is 404 g/mol. The number of hydrogen-bond acceptors (Lipinski definition) is 5. The SMILES string of the molecule is O=S1(=O)NC(O)=CN1c1cc(-c2cnn(CCCC(F)(F)F)c2)ccc1O. The zero-order valence-corrected chi connectivity index (χ0v) is 14.5. The number of nitrogens with one attached hydrogen (secondary N) is 1. The Morgan fingerprint density at radius 1 is 1.19 bits per heavy atom. The fourth-order valence-electron chi connectivity index (χ4n) is 2.54. The second-order valence-corrected chi connectivity index (χ2v) is 7.38. The molecule has 1 aliphatic heterocycles. The first-order chi connectivity index (χ1) is 12.5. The van der Waals surface area contributed by atoms with E-state index < -0.39 is 28.7 Å². The number of aryl methyl sites for hydroxylation is 1. The van der Waals surface area contributed by atoms with Gasteiger partial charge in [-0.25, -0.2) is 9.03 Å². The van der Waals surface area contributed by atoms with Crippen molar-refractivity contribution >= 4 is 15.9 Å². The molecule has 1 aromatic carbocycles. The van der Waals surface area contributed by atoms with Gasteiger partial charge < -0.3 is 10.2 Å². The van der Waals surface area contributed by atoms with Gasteiger partial charge in [0.15, 0.2) is 0 Å². The molecule has 3 N–H and O–H groups in total. The lowest BCUT2D eigenvalue weighted by Gasteiger charge is -2.16. The van der Waals surface area contributed by atoms with Crippen LogP contribution in [0.1, 0.15) is 12.8 Å². The average Bonchev–Trinajstić information content (AvgIpc) is 3.10. The second kappa shape index (κ2) is 6.68. The minimum Gasteiger partial charge on any atom is -0.506 e. The predicted molar refractivity (Wildman–Crippen MR) is 89.9 cm³/mol. The molecule has 12 heteroatoms. The first-order valence-electron chi connectivity index (χ1n) is 7.71. The van der Waals surface area contributed by atoms with Crippen LogP contribution in [0.3, 0.4) is 0 Å². The Hall–Kier alpha value is -2.89. The van der Waals surface area contributed by atoms with E-state index in [2.05, 4.69) is 5.10 Å². The molecule has 0 unspecified atom stereocenters. The Balaban J connectivity index is 1.83. The van der Waals surface area contributed by atoms with Crippen molar-refractivity contribution in [3.8, 4) is 16.9 Å². The smallest absolute Gasteiger partial charge is 0.389 e. The van der Waals surface area contributed by atoms with Crippen molar-refractivity contribution in [3.05, 3.63) is 42.7 Å². The van der Waals surface area contributed by atoms with Crippen molar-refractivity contribution in [2.45, 2.75) is 25.6 Å². The number of nitrogens with zero attached hydrogens (tertiary/aromatic N) is 3. The summed E-state index contributed by atoms with van der Waals surface area (Å²) >= 11 is 0. The highest BCUT2D eigenvalue weighted by Crippen LogP contribution is 2.35. The van der Waals surface area contributed by atoms with Gasteiger partial charge in [-0.05, 0) is 24.1 Å². The lowest BCUT2D eigenvalue weighted by molar-refractivity contribution is -0.136. The summed E-state index contributed by atoms with van der Waals surface area (Å²) in [4.78, 5) is 0. The summed E-state index contributed by atoms with van der Waals surface area (Å²) in [7, 11) is -4.08. The summed E-state index contributed by atoms with van der Waals surface area (Å²) < 4.78 is 64.5. The summed E-state index contributed by atoms with van der Waals surface area (Å²) in [6.07, 6.45) is -1.41. The summed E-state index contributed by atoms with van der Waals surface area (Å²) in [5.41, 5.74) is 0.912. The number of anilines is 1. The number of aromatic nitrogens is 2. The lowest BCUT2D eigenvalue weighted by Crippen LogP contribution is -2.29. The number of hydrogen-bond donors (Lipinski definition) is 3. The molecule has 1 aromatic heterocycles. The molecule has 27 heavy (non-hydrogen) atoms. The number of rotatable bonds is 5. The Labute approximate surface area is 152 Å². The van der Waals surface area contributed by atoms with Gasteiger partial charge in [0.2, 0.25) is 5.88 Å². The molecule has 0 saturated heterocycles. The minimum atomic E-state index is -4.23. The molecule has 0 radical (unpaired) electrons. The molecule has 0 amide bonds. The van der Waals surface area contributed by atoms with Crippen molar-refractivity contribution in [1.82, 2.24) is 14.5 Å². The number of aromatic hydroxyl groups is 1. The third kappa shape index (κ3) is 4.27. The van der Waals surface area contributed by atoms with Crippen LogP contribution in [0.5, 0.6) is 5.75 Å². The molecule has 0 spiro atoms. The summed E-state index contributed by atoms with van der Waals surface area (Å²) in [5, 5.41) is 23.4. The van der Waals surface area contributed by atoms with Crippen LogP contribution in [0, 0.1) is 0 Å². The van der Waals surface area contributed by atoms with Crippen LogP contribution in [0.4, 0.5) is 18.9 Å². The van der Waals surface area contributed by atoms with Gasteiger partial charge in [0.1, 0.15) is 11.4 Å². The van der Waals surface area contributed by atoms with Crippen molar-refractivity contribution < 1.29 is 31.8 Å². The first-order valence-corrected chi connectivity index (χ1v) is 9.15. The highest BCUT2D eigenvalue weighted by Gasteiger charge is 2.31. The monoisotopic (exact) mass is 404 g/mol. The van der Waals surface area contributed by atoms with Crippen LogP contribution < -0.4 is 9.03 Å². The van der Waals surface area contributed by atoms with Crippen LogP contribution in [0.2, 0.25) is 0 Å². The van der Waals surface area contributed by atoms with Crippen LogP contribution in [0.15, 0.2) is 42.7 Å². The van der Waals surface area contributed by atoms with E-state index >= 15 is 0 Å². The third-order valence-electron chi connectivity index (χ3n) is 3.76. The maximum Gasteiger partial charge on any atom is 0.389 e. The van der Waals surface area contributed by atoms with E-state index in [0.29, 0.717) is 15.4 Å². The zero-order chi connectivity index (χ0) is 19.8. The van der Waals surface area contributed by atoms with Gasteiger partial charge in [0, 0.05) is 24.7 Å². The van der Waals surface area contributed by atoms with Gasteiger partial charge in [-0.1, -0.05) is 6.07 Å². The molecule has 0 bridgehead atoms. The molecule has 8 nitrogen and oxygen atoms in total. The molecular formula is C15H15F3N4O4S. The number of aliphatic hydroxyl groups is 1. The molecule has 0 atom stereocenters. The molecule has 3 rings (SSSR count). The topological polar surface area (TPSA) is 108 Å². The molecule has 1 aliphatic rings. The summed E-state index contributed by atoms with van der Waals surface area (Å²) in [5.74, 6) is -0.940. The van der Waals surface area contributed by atoms with E-state index in [0.717, 1.165) is 6.20 Å². The Morgan fingerprint density at radius 3 is 2.56 bits per heavy atom. The van der Waals surface area contributed by atoms with Crippen molar-refractivity contribution in [1.29, 1.82) is 0 Å². The third-order valence-corrected chi connectivity index (χ3v) is 5.05. The number of aliphatic hydroxyl groups excluding tert-OH is 1. The Morgan fingerprint density at radius 2 is 1.93 bits per heavy atom. The van der Waals surface area contributed by atoms with Gasteiger partial charge in [0.05, 0.1) is 12.4 Å². The standard InChI is InChI=1S/C15H15F3N4O4S/c16-15(17,18)4-1-5-21-8-11(7-19-21)10-2-3-13(23)12(6-10)22-9-14(24)20-27(22,25)26/h2-3,6-9,20,23-24H,1,4-5H2. The predicted octanol–water partition coefficient (Wildman–Crippen LogP) is 2.61. The number of alkyl halides is 3. The van der Waals surface area contributed by atoms with Crippen LogP contribution in [-0.2, 0) is 16.8 Å². The Kier molecular flexibility index (Phi) is 4.68. The molecule has 0 saturated carbocycles. The van der Waals surface area contributed by atoms with Crippen LogP contribution in [-0.4, -0.2) is 34.6 Å². The van der Waals surface area contributed by atoms with Crippen molar-refractivity contribution in [3.63, 3.8) is 0 Å². The van der Waals surface area contributed by atoms with E-state index in [9.17, 15) is 31.8 Å². The highest BCUT2D eigenvalue weighted by atomic mass is 32.2. The Bertz CT molecular complexity index is 985. The molecular weight excluding hydrogens is 389 g/mol. The van der Waals surface area contributed by atoms with E-state index in [1.807, 2.05) is 4.72 Å². The fraction of sp³-hybridized carbons (Fsp3) is 0.267. The van der Waals surface area contributed by atoms with Crippen molar-refractivity contribution in [2.24, 2.45) is 0 Å². The quantitative estimate of drug-likeness (QED) is 0.710. The molecule has 0 aliphatic carbocycles. The van der Waals surface area contributed by atoms with E-state index in [4.69, 9.17) is 0 Å². The lowest BCUT2D eigenvalue weighted by atomic mass is 10.1. The van der Waals surface area contributed by atoms with Crippen LogP contribution in [0.25, 0.3) is 11.1 Å². The summed E-state index contributed by atoms with van der Waals surface area (Å²) in [6, 6.07) is 4.14. The maximum absolute atomic E-state index is 12.2. The van der Waals surface area contributed by atoms with E-state index in [1.165, 1.54) is 35.3 Å². The van der Waals surface area contributed by atoms with Gasteiger partial charge in [-0.2, -0.15) is 26.7 Å². The van der Waals surface area contributed by atoms with Gasteiger partial charge in [-0.3, -0.25) is 4.68 Å². The molecule has 146 valence electrons. The minimum absolute atomic E-state index is 0.0749. The fourth-order valence-corrected chi connectivity index (χ4v) is 3.60. The molecule has 2 heterocycles. The van der Waals surface area contributed by atoms with E-state index in [1.54, 1.807) is 0 Å². The highest BCUT2D eigenvalue weighted by molar-refractivity contribution is 7.91. The molecule has 0 fully saturated rings. The number of phenolic OH excluding ortho intramolecular Hbond substituents is 1. The summed E-state index contributed by atoms with van der Waals surface area (Å²) in [6.45, 7) is 0.0749. The van der Waals surface area contributed by atoms with Gasteiger partial charge >= 0.3 is 16.4 Å². The largest absolute Gasteiger partial charge is 0.506 e. The second-order valence-electron chi connectivity index (χ2n) is 5.83. The van der Waals surface area contributed by atoms with Gasteiger partial charge in [-0.15, -0.1) is 0 Å². The molecule has 2 aromatic rings. The van der Waals surface area contributed by atoms with Crippen molar-refractivity contribution in [2.75, 3.05) is 4.31 Å². The normalized spacial score (nSPS) is 16.3. The first kappa shape index (κ1) is 18.9. The maximum atomic E-state index is 12.2. The zero-order valence-electron chi connectivity index (χ0n) is 13.7. The van der Waals surface area contributed by atoms with E-state index in [-0.39, 0.29) is 24.4 Å². The number of benzene rings is 1. The van der Waals surface area contributed by atoms with Crippen LogP contribution >= 0.6 is 0 Å².